The van der Waals surface area contributed by atoms with Crippen LogP contribution in [0.5, 0.6) is 0 Å². The van der Waals surface area contributed by atoms with Crippen molar-refractivity contribution in [2.45, 2.75) is 225 Å². The maximum atomic E-state index is 12.5. The second kappa shape index (κ2) is 34.7. The molecule has 4 N–H and O–H groups in total. The fourth-order valence-electron chi connectivity index (χ4n) is 6.14. The van der Waals surface area contributed by atoms with Gasteiger partial charge in [0.2, 0.25) is 5.91 Å². The smallest absolute Gasteiger partial charge is 0.326 e. The predicted octanol–water partition coefficient (Wildman–Crippen LogP) is 10.6. The summed E-state index contributed by atoms with van der Waals surface area (Å²) in [7, 11) is 0. The van der Waals surface area contributed by atoms with Crippen LogP contribution in [0, 0.1) is 0 Å². The van der Waals surface area contributed by atoms with Crippen LogP contribution >= 0.6 is 0 Å². The number of carbonyl (C=O) groups excluding carboxylic acids is 2. The van der Waals surface area contributed by atoms with Gasteiger partial charge in [-0.15, -0.1) is 0 Å². The summed E-state index contributed by atoms with van der Waals surface area (Å²) in [4.78, 5) is 35.9. The summed E-state index contributed by atoms with van der Waals surface area (Å²) in [5, 5.41) is 11.9. The molecule has 2 unspecified atom stereocenters. The quantitative estimate of drug-likeness (QED) is 0.0458. The molecule has 46 heavy (non-hydrogen) atoms. The molecule has 0 aliphatic rings. The molecule has 0 heterocycles. The maximum absolute atomic E-state index is 12.5. The van der Waals surface area contributed by atoms with Crippen molar-refractivity contribution in [3.8, 4) is 0 Å². The van der Waals surface area contributed by atoms with E-state index in [4.69, 9.17) is 10.5 Å². The highest BCUT2D eigenvalue weighted by Gasteiger charge is 2.19. The lowest BCUT2D eigenvalue weighted by Crippen LogP contribution is -2.40. The van der Waals surface area contributed by atoms with Crippen molar-refractivity contribution >= 4 is 17.8 Å². The van der Waals surface area contributed by atoms with E-state index in [1.54, 1.807) is 0 Å². The van der Waals surface area contributed by atoms with E-state index in [-0.39, 0.29) is 18.0 Å². The van der Waals surface area contributed by atoms with Gasteiger partial charge in [-0.25, -0.2) is 4.79 Å². The zero-order valence-corrected chi connectivity index (χ0v) is 30.4. The zero-order valence-electron chi connectivity index (χ0n) is 30.4. The minimum Gasteiger partial charge on any atom is -0.480 e. The van der Waals surface area contributed by atoms with Gasteiger partial charge in [-0.3, -0.25) is 9.59 Å². The van der Waals surface area contributed by atoms with Crippen LogP contribution in [0.4, 0.5) is 0 Å². The molecule has 0 spiro atoms. The van der Waals surface area contributed by atoms with E-state index < -0.39 is 12.0 Å². The fourth-order valence-corrected chi connectivity index (χ4v) is 6.14. The molecule has 0 radical (unpaired) electrons. The minimum absolute atomic E-state index is 0.0426. The molecule has 0 aliphatic heterocycles. The molecule has 0 rings (SSSR count). The summed E-state index contributed by atoms with van der Waals surface area (Å²) in [5.74, 6) is -1.31. The number of nitrogens with one attached hydrogen (secondary N) is 1. The first-order valence-electron chi connectivity index (χ1n) is 19.9. The number of carboxylic acid groups (broad SMARTS) is 1. The average molecular weight is 653 g/mol. The highest BCUT2D eigenvalue weighted by molar-refractivity contribution is 5.83. The number of esters is 1. The third kappa shape index (κ3) is 31.0. The van der Waals surface area contributed by atoms with Crippen LogP contribution in [0.25, 0.3) is 0 Å². The summed E-state index contributed by atoms with van der Waals surface area (Å²) in [6.45, 7) is 4.84. The molecule has 0 aliphatic carbocycles. The maximum Gasteiger partial charge on any atom is 0.326 e. The lowest BCUT2D eigenvalue weighted by molar-refractivity contribution is -0.150. The number of hydrogen-bond donors (Lipinski definition) is 3. The van der Waals surface area contributed by atoms with Gasteiger partial charge in [0, 0.05) is 12.8 Å². The molecule has 0 bridgehead atoms. The fraction of sp³-hybridized carbons (Fsp3) is 0.923. The predicted molar refractivity (Wildman–Crippen MR) is 193 cm³/mol. The third-order valence-electron chi connectivity index (χ3n) is 9.17. The van der Waals surface area contributed by atoms with Crippen LogP contribution in [0.15, 0.2) is 0 Å². The van der Waals surface area contributed by atoms with Crippen molar-refractivity contribution in [3.63, 3.8) is 0 Å². The molecule has 1 amide bonds. The lowest BCUT2D eigenvalue weighted by atomic mass is 10.0. The number of aliphatic carboxylic acids is 1. The SMILES string of the molecule is CCCCCCCCCCCCCCCCCCCCCCC(=O)OC(CCCC)CCCCCC(=O)NC(CCCN)C(=O)O. The monoisotopic (exact) mass is 653 g/mol. The number of rotatable bonds is 36. The van der Waals surface area contributed by atoms with Gasteiger partial charge >= 0.3 is 11.9 Å². The zero-order chi connectivity index (χ0) is 33.9. The normalized spacial score (nSPS) is 12.6. The van der Waals surface area contributed by atoms with Crippen LogP contribution in [0.3, 0.4) is 0 Å². The van der Waals surface area contributed by atoms with E-state index >= 15 is 0 Å². The van der Waals surface area contributed by atoms with E-state index in [1.165, 1.54) is 116 Å². The minimum atomic E-state index is -1.02. The molecule has 0 aromatic heterocycles. The van der Waals surface area contributed by atoms with Gasteiger partial charge in [-0.05, 0) is 51.5 Å². The Morgan fingerprint density at radius 2 is 0.957 bits per heavy atom. The van der Waals surface area contributed by atoms with Crippen molar-refractivity contribution in [2.75, 3.05) is 6.54 Å². The molecule has 2 atom stereocenters. The van der Waals surface area contributed by atoms with Crippen LogP contribution in [-0.4, -0.2) is 41.6 Å². The van der Waals surface area contributed by atoms with Crippen molar-refractivity contribution in [3.05, 3.63) is 0 Å². The largest absolute Gasteiger partial charge is 0.480 e. The Kier molecular flexibility index (Phi) is 33.5. The van der Waals surface area contributed by atoms with E-state index in [1.807, 2.05) is 0 Å². The molecule has 272 valence electrons. The van der Waals surface area contributed by atoms with Crippen molar-refractivity contribution < 1.29 is 24.2 Å². The van der Waals surface area contributed by atoms with Gasteiger partial charge in [0.15, 0.2) is 0 Å². The molecule has 0 saturated carbocycles. The Labute approximate surface area is 284 Å². The average Bonchev–Trinajstić information content (AvgIpc) is 3.04. The van der Waals surface area contributed by atoms with E-state index in [9.17, 15) is 19.5 Å². The van der Waals surface area contributed by atoms with Crippen LogP contribution in [-0.2, 0) is 19.1 Å². The van der Waals surface area contributed by atoms with Gasteiger partial charge in [0.25, 0.3) is 0 Å². The summed E-state index contributed by atoms with van der Waals surface area (Å²) in [6, 6.07) is -0.868. The van der Waals surface area contributed by atoms with E-state index in [0.29, 0.717) is 38.6 Å². The Morgan fingerprint density at radius 3 is 1.41 bits per heavy atom. The summed E-state index contributed by atoms with van der Waals surface area (Å²) in [6.07, 6.45) is 34.9. The standard InChI is InChI=1S/C39H76N2O5/c1-3-5-7-8-9-10-11-12-13-14-15-16-17-18-19-20-21-22-23-27-33-38(43)46-35(29-6-4-2)30-25-24-26-32-37(42)41-36(39(44)45)31-28-34-40/h35-36H,3-34,40H2,1-2H3,(H,41,42)(H,44,45). The molecular weight excluding hydrogens is 576 g/mol. The van der Waals surface area contributed by atoms with Crippen LogP contribution in [0.1, 0.15) is 213 Å². The van der Waals surface area contributed by atoms with Gasteiger partial charge < -0.3 is 20.9 Å². The summed E-state index contributed by atoms with van der Waals surface area (Å²) >= 11 is 0. The second-order valence-corrected chi connectivity index (χ2v) is 13.7. The summed E-state index contributed by atoms with van der Waals surface area (Å²) < 4.78 is 5.84. The molecule has 0 fully saturated rings. The number of carbonyl (C=O) groups is 3. The van der Waals surface area contributed by atoms with Crippen molar-refractivity contribution in [2.24, 2.45) is 5.73 Å². The second-order valence-electron chi connectivity index (χ2n) is 13.7. The van der Waals surface area contributed by atoms with Crippen molar-refractivity contribution in [1.29, 1.82) is 0 Å². The molecule has 0 aromatic rings. The third-order valence-corrected chi connectivity index (χ3v) is 9.17. The first-order valence-corrected chi connectivity index (χ1v) is 19.9. The Balaban J connectivity index is 3.74. The number of nitrogens with two attached hydrogens (primary N) is 1. The Hall–Kier alpha value is -1.63. The van der Waals surface area contributed by atoms with Gasteiger partial charge in [-0.1, -0.05) is 155 Å². The van der Waals surface area contributed by atoms with Gasteiger partial charge in [-0.2, -0.15) is 0 Å². The van der Waals surface area contributed by atoms with Gasteiger partial charge in [0.1, 0.15) is 12.1 Å². The van der Waals surface area contributed by atoms with E-state index in [0.717, 1.165) is 51.4 Å². The number of unbranched alkanes of at least 4 members (excludes halogenated alkanes) is 22. The lowest BCUT2D eigenvalue weighted by Gasteiger charge is -2.18. The molecule has 7 heteroatoms. The first-order chi connectivity index (χ1) is 22.4. The Morgan fingerprint density at radius 1 is 0.543 bits per heavy atom. The van der Waals surface area contributed by atoms with Crippen LogP contribution in [0.2, 0.25) is 0 Å². The highest BCUT2D eigenvalue weighted by Crippen LogP contribution is 2.18. The number of carboxylic acids is 1. The molecular formula is C39H76N2O5. The first kappa shape index (κ1) is 44.4. The number of ether oxygens (including phenoxy) is 1. The van der Waals surface area contributed by atoms with Crippen LogP contribution < -0.4 is 11.1 Å². The number of hydrogen-bond acceptors (Lipinski definition) is 5. The van der Waals surface area contributed by atoms with Crippen molar-refractivity contribution in [1.82, 2.24) is 5.32 Å². The topological polar surface area (TPSA) is 119 Å². The molecule has 0 saturated heterocycles. The summed E-state index contributed by atoms with van der Waals surface area (Å²) in [5.41, 5.74) is 5.46. The Bertz CT molecular complexity index is 702. The van der Waals surface area contributed by atoms with E-state index in [2.05, 4.69) is 19.2 Å². The molecule has 0 aromatic carbocycles. The van der Waals surface area contributed by atoms with Gasteiger partial charge in [0.05, 0.1) is 0 Å². The highest BCUT2D eigenvalue weighted by atomic mass is 16.5. The number of amides is 1. The molecule has 7 nitrogen and oxygen atoms in total.